The lowest BCUT2D eigenvalue weighted by Gasteiger charge is -2.46. The quantitative estimate of drug-likeness (QED) is 0.550. The summed E-state index contributed by atoms with van der Waals surface area (Å²) in [5.74, 6) is 0.686. The van der Waals surface area contributed by atoms with Crippen molar-refractivity contribution in [3.63, 3.8) is 0 Å². The zero-order valence-electron chi connectivity index (χ0n) is 21.5. The molecule has 2 aliphatic heterocycles. The van der Waals surface area contributed by atoms with E-state index in [-0.39, 0.29) is 17.6 Å². The number of ether oxygens (including phenoxy) is 2. The summed E-state index contributed by atoms with van der Waals surface area (Å²) in [6.45, 7) is 3.85. The molecule has 37 heavy (non-hydrogen) atoms. The lowest BCUT2D eigenvalue weighted by Crippen LogP contribution is -2.55. The second-order valence-corrected chi connectivity index (χ2v) is 10.9. The van der Waals surface area contributed by atoms with Gasteiger partial charge in [-0.15, -0.1) is 0 Å². The van der Waals surface area contributed by atoms with Gasteiger partial charge in [-0.2, -0.15) is 0 Å². The Morgan fingerprint density at radius 1 is 0.865 bits per heavy atom. The van der Waals surface area contributed by atoms with Crippen molar-refractivity contribution < 1.29 is 23.5 Å². The van der Waals surface area contributed by atoms with E-state index in [1.807, 2.05) is 40.1 Å². The molecule has 0 spiro atoms. The van der Waals surface area contributed by atoms with Crippen LogP contribution in [0.3, 0.4) is 0 Å². The van der Waals surface area contributed by atoms with E-state index in [1.165, 1.54) is 12.1 Å². The van der Waals surface area contributed by atoms with E-state index >= 15 is 0 Å². The zero-order chi connectivity index (χ0) is 25.7. The van der Waals surface area contributed by atoms with Gasteiger partial charge in [0.25, 0.3) is 0 Å². The molecule has 3 aliphatic rings. The number of hydrogen-bond acceptors (Lipinski definition) is 4. The van der Waals surface area contributed by atoms with E-state index in [2.05, 4.69) is 0 Å². The van der Waals surface area contributed by atoms with Crippen LogP contribution in [-0.2, 0) is 19.7 Å². The largest absolute Gasteiger partial charge is 0.493 e. The van der Waals surface area contributed by atoms with Gasteiger partial charge in [-0.1, -0.05) is 43.2 Å². The molecule has 2 aromatic carbocycles. The van der Waals surface area contributed by atoms with Crippen molar-refractivity contribution in [2.24, 2.45) is 5.41 Å². The number of nitrogens with zero attached hydrogens (tertiary/aromatic N) is 2. The lowest BCUT2D eigenvalue weighted by molar-refractivity contribution is -0.146. The summed E-state index contributed by atoms with van der Waals surface area (Å²) >= 11 is 0. The summed E-state index contributed by atoms with van der Waals surface area (Å²) in [6.07, 6.45) is 5.49. The molecule has 1 aliphatic carbocycles. The summed E-state index contributed by atoms with van der Waals surface area (Å²) in [6, 6.07) is 16.1. The number of piperidine rings is 1. The van der Waals surface area contributed by atoms with Gasteiger partial charge in [-0.25, -0.2) is 4.39 Å². The summed E-state index contributed by atoms with van der Waals surface area (Å²) in [4.78, 5) is 31.5. The molecule has 3 fully saturated rings. The minimum Gasteiger partial charge on any atom is -0.493 e. The fourth-order valence-corrected chi connectivity index (χ4v) is 6.37. The molecule has 0 aromatic heterocycles. The molecular formula is C30H37FN2O4. The van der Waals surface area contributed by atoms with E-state index in [0.29, 0.717) is 52.4 Å². The average molecular weight is 509 g/mol. The first kappa shape index (κ1) is 25.7. The molecule has 6 nitrogen and oxygen atoms in total. The second-order valence-electron chi connectivity index (χ2n) is 10.9. The van der Waals surface area contributed by atoms with Gasteiger partial charge in [0.1, 0.15) is 11.6 Å². The van der Waals surface area contributed by atoms with Crippen LogP contribution >= 0.6 is 0 Å². The van der Waals surface area contributed by atoms with Crippen molar-refractivity contribution in [2.75, 3.05) is 46.0 Å². The summed E-state index contributed by atoms with van der Waals surface area (Å²) in [5, 5.41) is 0. The minimum absolute atomic E-state index is 0.100. The predicted molar refractivity (Wildman–Crippen MR) is 139 cm³/mol. The Morgan fingerprint density at radius 2 is 1.57 bits per heavy atom. The number of carbonyl (C=O) groups is 2. The van der Waals surface area contributed by atoms with E-state index < -0.39 is 10.8 Å². The monoisotopic (exact) mass is 508 g/mol. The number of hydrogen-bond donors (Lipinski definition) is 0. The molecule has 5 rings (SSSR count). The van der Waals surface area contributed by atoms with E-state index in [0.717, 1.165) is 49.8 Å². The first-order valence-corrected chi connectivity index (χ1v) is 13.6. The van der Waals surface area contributed by atoms with Crippen molar-refractivity contribution in [1.29, 1.82) is 0 Å². The van der Waals surface area contributed by atoms with Gasteiger partial charge < -0.3 is 19.3 Å². The molecule has 2 aromatic rings. The molecule has 1 saturated carbocycles. The summed E-state index contributed by atoms with van der Waals surface area (Å²) in [7, 11) is 0. The maximum Gasteiger partial charge on any atom is 0.233 e. The predicted octanol–water partition coefficient (Wildman–Crippen LogP) is 4.57. The fourth-order valence-electron chi connectivity index (χ4n) is 6.37. The maximum atomic E-state index is 14.2. The highest BCUT2D eigenvalue weighted by Gasteiger charge is 2.48. The topological polar surface area (TPSA) is 59.1 Å². The minimum atomic E-state index is -0.620. The Bertz CT molecular complexity index is 1060. The first-order valence-electron chi connectivity index (χ1n) is 13.6. The standard InChI is InChI=1S/C30H37FN2O4/c31-25-11-9-24(10-12-25)30(14-4-5-15-30)28(35)33-16-6-13-29(22-33,23-37-26-7-2-1-3-8-26)21-27(34)32-17-19-36-20-18-32/h1-3,7-12H,4-6,13-23H2. The van der Waals surface area contributed by atoms with Crippen molar-refractivity contribution in [1.82, 2.24) is 9.80 Å². The SMILES string of the molecule is O=C(CC1(COc2ccccc2)CCCN(C(=O)C2(c3ccc(F)cc3)CCCC2)C1)N1CCOCC1. The highest BCUT2D eigenvalue weighted by atomic mass is 19.1. The van der Waals surface area contributed by atoms with Crippen molar-refractivity contribution in [2.45, 2.75) is 50.4 Å². The molecule has 2 amide bonds. The maximum absolute atomic E-state index is 14.2. The van der Waals surface area contributed by atoms with Gasteiger partial charge in [0.15, 0.2) is 0 Å². The van der Waals surface area contributed by atoms with Crippen LogP contribution in [0.2, 0.25) is 0 Å². The van der Waals surface area contributed by atoms with E-state index in [1.54, 1.807) is 12.1 Å². The number of benzene rings is 2. The highest BCUT2D eigenvalue weighted by molar-refractivity contribution is 5.89. The number of likely N-dealkylation sites (tertiary alicyclic amines) is 1. The van der Waals surface area contributed by atoms with Crippen LogP contribution in [0.25, 0.3) is 0 Å². The third-order valence-corrected chi connectivity index (χ3v) is 8.39. The molecule has 0 bridgehead atoms. The van der Waals surface area contributed by atoms with Gasteiger partial charge in [0.05, 0.1) is 25.2 Å². The van der Waals surface area contributed by atoms with Gasteiger partial charge >= 0.3 is 0 Å². The lowest BCUT2D eigenvalue weighted by atomic mass is 9.74. The molecule has 1 unspecified atom stereocenters. The van der Waals surface area contributed by atoms with E-state index in [4.69, 9.17) is 9.47 Å². The Labute approximate surface area is 218 Å². The number of rotatable bonds is 7. The normalized spacial score (nSPS) is 23.6. The fraction of sp³-hybridized carbons (Fsp3) is 0.533. The molecule has 198 valence electrons. The van der Waals surface area contributed by atoms with Crippen LogP contribution in [0, 0.1) is 11.2 Å². The summed E-state index contributed by atoms with van der Waals surface area (Å²) < 4.78 is 25.4. The van der Waals surface area contributed by atoms with Gasteiger partial charge in [-0.05, 0) is 55.5 Å². The smallest absolute Gasteiger partial charge is 0.233 e. The Balaban J connectivity index is 1.39. The Kier molecular flexibility index (Phi) is 7.79. The highest BCUT2D eigenvalue weighted by Crippen LogP contribution is 2.45. The van der Waals surface area contributed by atoms with Gasteiger partial charge in [0, 0.05) is 38.0 Å². The third kappa shape index (κ3) is 5.66. The average Bonchev–Trinajstić information content (AvgIpc) is 3.44. The molecular weight excluding hydrogens is 471 g/mol. The first-order chi connectivity index (χ1) is 18.0. The number of halogens is 1. The van der Waals surface area contributed by atoms with Crippen LogP contribution in [0.15, 0.2) is 54.6 Å². The van der Waals surface area contributed by atoms with Crippen molar-refractivity contribution in [3.8, 4) is 5.75 Å². The Morgan fingerprint density at radius 3 is 2.27 bits per heavy atom. The Hall–Kier alpha value is -2.93. The van der Waals surface area contributed by atoms with Crippen LogP contribution in [0.1, 0.15) is 50.5 Å². The molecule has 2 saturated heterocycles. The number of morpholine rings is 1. The molecule has 0 radical (unpaired) electrons. The third-order valence-electron chi connectivity index (χ3n) is 8.39. The molecule has 2 heterocycles. The van der Waals surface area contributed by atoms with Gasteiger partial charge in [0.2, 0.25) is 11.8 Å². The van der Waals surface area contributed by atoms with Crippen molar-refractivity contribution >= 4 is 11.8 Å². The van der Waals surface area contributed by atoms with Crippen LogP contribution in [-0.4, -0.2) is 67.6 Å². The number of carbonyl (C=O) groups excluding carboxylic acids is 2. The molecule has 1 atom stereocenters. The summed E-state index contributed by atoms with van der Waals surface area (Å²) in [5.41, 5.74) is -0.190. The molecule has 0 N–H and O–H groups in total. The number of para-hydroxylation sites is 1. The van der Waals surface area contributed by atoms with Crippen LogP contribution < -0.4 is 4.74 Å². The second kappa shape index (κ2) is 11.2. The molecule has 7 heteroatoms. The van der Waals surface area contributed by atoms with Crippen LogP contribution in [0.4, 0.5) is 4.39 Å². The van der Waals surface area contributed by atoms with Gasteiger partial charge in [-0.3, -0.25) is 9.59 Å². The van der Waals surface area contributed by atoms with Crippen molar-refractivity contribution in [3.05, 3.63) is 66.0 Å². The zero-order valence-corrected chi connectivity index (χ0v) is 21.5. The van der Waals surface area contributed by atoms with E-state index in [9.17, 15) is 14.0 Å². The van der Waals surface area contributed by atoms with Crippen LogP contribution in [0.5, 0.6) is 5.75 Å². The number of amides is 2.